The lowest BCUT2D eigenvalue weighted by Crippen LogP contribution is -2.18. The van der Waals surface area contributed by atoms with Crippen LogP contribution < -0.4 is 4.74 Å². The molecule has 1 N–H and O–H groups in total. The Kier molecular flexibility index (Phi) is 3.87. The van der Waals surface area contributed by atoms with E-state index in [1.54, 1.807) is 0 Å². The Balaban J connectivity index is 3.07. The first kappa shape index (κ1) is 13.6. The summed E-state index contributed by atoms with van der Waals surface area (Å²) in [4.78, 5) is 11.4. The summed E-state index contributed by atoms with van der Waals surface area (Å²) in [5.74, 6) is -1.78. The van der Waals surface area contributed by atoms with Crippen molar-refractivity contribution >= 4 is 17.4 Å². The average molecular weight is 269 g/mol. The van der Waals surface area contributed by atoms with Crippen molar-refractivity contribution in [2.24, 2.45) is 0 Å². The summed E-state index contributed by atoms with van der Waals surface area (Å²) in [7, 11) is 0. The molecule has 7 heteroatoms. The summed E-state index contributed by atoms with van der Waals surface area (Å²) in [5.41, 5.74) is -0.147. The quantitative estimate of drug-likeness (QED) is 0.677. The molecule has 0 fully saturated rings. The van der Waals surface area contributed by atoms with Crippen LogP contribution in [-0.2, 0) is 0 Å². The van der Waals surface area contributed by atoms with Crippen LogP contribution in [0.4, 0.5) is 13.2 Å². The predicted octanol–water partition coefficient (Wildman–Crippen LogP) is 3.10. The third kappa shape index (κ3) is 4.14. The molecule has 1 unspecified atom stereocenters. The van der Waals surface area contributed by atoms with Crippen LogP contribution in [0.25, 0.3) is 0 Å². The molecule has 3 nitrogen and oxygen atoms in total. The van der Waals surface area contributed by atoms with E-state index in [2.05, 4.69) is 4.74 Å². The molecule has 1 atom stereocenters. The van der Waals surface area contributed by atoms with Crippen LogP contribution in [0, 0.1) is 0 Å². The van der Waals surface area contributed by atoms with Crippen molar-refractivity contribution in [2.45, 2.75) is 18.7 Å². The van der Waals surface area contributed by atoms with Gasteiger partial charge in [0, 0.05) is 11.6 Å². The molecule has 0 aliphatic carbocycles. The molecule has 0 spiro atoms. The fraction of sp³-hybridized carbons (Fsp3) is 0.300. The molecule has 1 rings (SSSR count). The third-order valence-corrected chi connectivity index (χ3v) is 1.97. The number of alkyl halides is 4. The first-order chi connectivity index (χ1) is 7.69. The number of benzene rings is 1. The van der Waals surface area contributed by atoms with Crippen molar-refractivity contribution in [3.8, 4) is 11.5 Å². The Labute approximate surface area is 99.8 Å². The Morgan fingerprint density at radius 2 is 2.00 bits per heavy atom. The largest absolute Gasteiger partial charge is 0.573 e. The maximum atomic E-state index is 11.9. The first-order valence-corrected chi connectivity index (χ1v) is 4.91. The van der Waals surface area contributed by atoms with Gasteiger partial charge in [-0.1, -0.05) is 0 Å². The van der Waals surface area contributed by atoms with Gasteiger partial charge in [0.15, 0.2) is 5.78 Å². The van der Waals surface area contributed by atoms with E-state index in [1.165, 1.54) is 6.92 Å². The zero-order valence-electron chi connectivity index (χ0n) is 8.58. The fourth-order valence-electron chi connectivity index (χ4n) is 1.15. The lowest BCUT2D eigenvalue weighted by molar-refractivity contribution is -0.274. The number of carbonyl (C=O) groups is 1. The average Bonchev–Trinajstić information content (AvgIpc) is 2.12. The summed E-state index contributed by atoms with van der Waals surface area (Å²) in [6.07, 6.45) is -4.89. The standard InChI is InChI=1S/C10H8ClF3O3/c1-5(11)9(16)6-2-7(15)4-8(3-6)17-10(12,13)14/h2-5,15H,1H3. The zero-order valence-corrected chi connectivity index (χ0v) is 9.34. The van der Waals surface area contributed by atoms with Crippen LogP contribution in [0.2, 0.25) is 0 Å². The van der Waals surface area contributed by atoms with Gasteiger partial charge in [0.05, 0.1) is 5.38 Å². The van der Waals surface area contributed by atoms with Crippen molar-refractivity contribution in [2.75, 3.05) is 0 Å². The third-order valence-electron chi connectivity index (χ3n) is 1.77. The summed E-state index contributed by atoms with van der Waals surface area (Å²) in [5, 5.41) is 8.27. The molecule has 1 aromatic rings. The lowest BCUT2D eigenvalue weighted by Gasteiger charge is -2.11. The smallest absolute Gasteiger partial charge is 0.508 e. The van der Waals surface area contributed by atoms with Gasteiger partial charge in [-0.2, -0.15) is 0 Å². The van der Waals surface area contributed by atoms with E-state index < -0.39 is 29.0 Å². The summed E-state index contributed by atoms with van der Waals surface area (Å²) >= 11 is 5.51. The van der Waals surface area contributed by atoms with E-state index in [0.29, 0.717) is 0 Å². The summed E-state index contributed by atoms with van der Waals surface area (Å²) in [6, 6.07) is 2.64. The lowest BCUT2D eigenvalue weighted by atomic mass is 10.1. The molecule has 0 heterocycles. The van der Waals surface area contributed by atoms with Crippen LogP contribution in [0.5, 0.6) is 11.5 Å². The fourth-order valence-corrected chi connectivity index (χ4v) is 1.27. The van der Waals surface area contributed by atoms with Crippen LogP contribution in [-0.4, -0.2) is 22.6 Å². The van der Waals surface area contributed by atoms with E-state index in [0.717, 1.165) is 18.2 Å². The normalized spacial score (nSPS) is 13.2. The number of aromatic hydroxyl groups is 1. The number of Topliss-reactive ketones (excluding diaryl/α,β-unsaturated/α-hetero) is 1. The Bertz CT molecular complexity index is 429. The second-order valence-corrected chi connectivity index (χ2v) is 3.90. The molecule has 17 heavy (non-hydrogen) atoms. The minimum Gasteiger partial charge on any atom is -0.508 e. The van der Waals surface area contributed by atoms with Gasteiger partial charge >= 0.3 is 6.36 Å². The highest BCUT2D eigenvalue weighted by molar-refractivity contribution is 6.33. The summed E-state index contributed by atoms with van der Waals surface area (Å²) in [6.45, 7) is 1.37. The predicted molar refractivity (Wildman–Crippen MR) is 54.4 cm³/mol. The molecule has 0 bridgehead atoms. The highest BCUT2D eigenvalue weighted by Gasteiger charge is 2.31. The van der Waals surface area contributed by atoms with Gasteiger partial charge in [0.25, 0.3) is 0 Å². The molecular formula is C10H8ClF3O3. The SMILES string of the molecule is CC(Cl)C(=O)c1cc(O)cc(OC(F)(F)F)c1. The maximum absolute atomic E-state index is 11.9. The monoisotopic (exact) mass is 268 g/mol. The highest BCUT2D eigenvalue weighted by Crippen LogP contribution is 2.28. The number of phenols is 1. The molecular weight excluding hydrogens is 261 g/mol. The number of halogens is 4. The van der Waals surface area contributed by atoms with Gasteiger partial charge in [0.1, 0.15) is 11.5 Å². The minimum atomic E-state index is -4.89. The molecule has 0 saturated heterocycles. The second kappa shape index (κ2) is 4.83. The topological polar surface area (TPSA) is 46.5 Å². The Morgan fingerprint density at radius 1 is 1.41 bits per heavy atom. The van der Waals surface area contributed by atoms with E-state index in [9.17, 15) is 23.1 Å². The number of hydrogen-bond donors (Lipinski definition) is 1. The first-order valence-electron chi connectivity index (χ1n) is 4.47. The number of ketones is 1. The van der Waals surface area contributed by atoms with E-state index in [1.807, 2.05) is 0 Å². The Hall–Kier alpha value is -1.43. The molecule has 94 valence electrons. The highest BCUT2D eigenvalue weighted by atomic mass is 35.5. The molecule has 0 aliphatic heterocycles. The minimum absolute atomic E-state index is 0.147. The van der Waals surface area contributed by atoms with Crippen molar-refractivity contribution in [1.82, 2.24) is 0 Å². The molecule has 0 radical (unpaired) electrons. The van der Waals surface area contributed by atoms with Gasteiger partial charge in [-0.05, 0) is 19.1 Å². The number of rotatable bonds is 3. The van der Waals surface area contributed by atoms with Gasteiger partial charge in [-0.25, -0.2) is 0 Å². The van der Waals surface area contributed by atoms with Gasteiger partial charge < -0.3 is 9.84 Å². The molecule has 1 aromatic carbocycles. The zero-order chi connectivity index (χ0) is 13.2. The molecule has 0 aromatic heterocycles. The van der Waals surface area contributed by atoms with Crippen molar-refractivity contribution in [3.05, 3.63) is 23.8 Å². The van der Waals surface area contributed by atoms with Crippen LogP contribution >= 0.6 is 11.6 Å². The van der Waals surface area contributed by atoms with Crippen LogP contribution in [0.1, 0.15) is 17.3 Å². The number of hydrogen-bond acceptors (Lipinski definition) is 3. The van der Waals surface area contributed by atoms with Crippen LogP contribution in [0.3, 0.4) is 0 Å². The molecule has 0 aliphatic rings. The van der Waals surface area contributed by atoms with Crippen molar-refractivity contribution in [1.29, 1.82) is 0 Å². The van der Waals surface area contributed by atoms with Gasteiger partial charge in [-0.15, -0.1) is 24.8 Å². The molecule has 0 amide bonds. The van der Waals surface area contributed by atoms with E-state index in [4.69, 9.17) is 11.6 Å². The molecule has 0 saturated carbocycles. The van der Waals surface area contributed by atoms with Crippen LogP contribution in [0.15, 0.2) is 18.2 Å². The second-order valence-electron chi connectivity index (χ2n) is 3.24. The maximum Gasteiger partial charge on any atom is 0.573 e. The number of carbonyl (C=O) groups excluding carboxylic acids is 1. The van der Waals surface area contributed by atoms with Crippen molar-refractivity contribution in [3.63, 3.8) is 0 Å². The van der Waals surface area contributed by atoms with E-state index in [-0.39, 0.29) is 5.56 Å². The van der Waals surface area contributed by atoms with Gasteiger partial charge in [-0.3, -0.25) is 4.79 Å². The van der Waals surface area contributed by atoms with Gasteiger partial charge in [0.2, 0.25) is 0 Å². The van der Waals surface area contributed by atoms with E-state index >= 15 is 0 Å². The van der Waals surface area contributed by atoms with Crippen molar-refractivity contribution < 1.29 is 27.8 Å². The Morgan fingerprint density at radius 3 is 2.47 bits per heavy atom. The number of phenolic OH excluding ortho intramolecular Hbond substituents is 1. The summed E-state index contributed by atoms with van der Waals surface area (Å²) < 4.78 is 39.4. The number of ether oxygens (including phenoxy) is 1.